The molecule has 0 nitrogen and oxygen atoms in total. The van der Waals surface area contributed by atoms with Crippen molar-refractivity contribution in [3.8, 4) is 0 Å². The fraction of sp³-hybridized carbons (Fsp3) is 0.625. The molecule has 0 unspecified atom stereocenters. The molecule has 0 amide bonds. The fourth-order valence-electron chi connectivity index (χ4n) is 0.970. The molecule has 16 heavy (non-hydrogen) atoms. The van der Waals surface area contributed by atoms with Crippen LogP contribution in [0.1, 0.15) is 59.8 Å². The van der Waals surface area contributed by atoms with Crippen LogP contribution < -0.4 is 0 Å². The summed E-state index contributed by atoms with van der Waals surface area (Å²) in [4.78, 5) is 0. The highest BCUT2D eigenvalue weighted by atomic mass is 14.1. The molecule has 0 radical (unpaired) electrons. The fourth-order valence-corrected chi connectivity index (χ4v) is 0.970. The van der Waals surface area contributed by atoms with Crippen LogP contribution in [0.3, 0.4) is 0 Å². The molecule has 1 aliphatic carbocycles. The van der Waals surface area contributed by atoms with Crippen molar-refractivity contribution in [2.45, 2.75) is 59.8 Å². The molecule has 0 aromatic heterocycles. The van der Waals surface area contributed by atoms with Gasteiger partial charge in [-0.2, -0.15) is 0 Å². The minimum Gasteiger partial charge on any atom is -0.0991 e. The second-order valence-corrected chi connectivity index (χ2v) is 4.20. The molecule has 94 valence electrons. The van der Waals surface area contributed by atoms with Crippen LogP contribution in [0, 0.1) is 5.92 Å². The van der Waals surface area contributed by atoms with Gasteiger partial charge in [-0.25, -0.2) is 0 Å². The monoisotopic (exact) mass is 222 g/mol. The lowest BCUT2D eigenvalue weighted by atomic mass is 9.88. The first-order valence-corrected chi connectivity index (χ1v) is 6.66. The molecule has 1 rings (SSSR count). The Morgan fingerprint density at radius 1 is 1.06 bits per heavy atom. The first-order chi connectivity index (χ1) is 7.72. The Morgan fingerprint density at radius 2 is 1.56 bits per heavy atom. The molecule has 0 saturated heterocycles. The average Bonchev–Trinajstić information content (AvgIpc) is 2.24. The van der Waals surface area contributed by atoms with E-state index in [1.165, 1.54) is 25.7 Å². The van der Waals surface area contributed by atoms with E-state index in [-0.39, 0.29) is 0 Å². The maximum Gasteiger partial charge on any atom is -0.0376 e. The largest absolute Gasteiger partial charge is 0.0991 e. The summed E-state index contributed by atoms with van der Waals surface area (Å²) in [5.74, 6) is 1.06. The average molecular weight is 222 g/mol. The SMILES string of the molecule is C=C/C=C/C=C\CC.CC1CCC1.CCC. The zero-order chi connectivity index (χ0) is 12.6. The van der Waals surface area contributed by atoms with E-state index < -0.39 is 0 Å². The molecule has 0 atom stereocenters. The van der Waals surface area contributed by atoms with E-state index in [1.807, 2.05) is 18.2 Å². The predicted molar refractivity (Wildman–Crippen MR) is 77.7 cm³/mol. The molecule has 1 saturated carbocycles. The maximum atomic E-state index is 3.54. The van der Waals surface area contributed by atoms with Crippen LogP contribution >= 0.6 is 0 Å². The van der Waals surface area contributed by atoms with E-state index in [2.05, 4.69) is 40.3 Å². The number of rotatable bonds is 3. The Balaban J connectivity index is 0. The highest BCUT2D eigenvalue weighted by molar-refractivity contribution is 5.08. The smallest absolute Gasteiger partial charge is 0.0376 e. The lowest BCUT2D eigenvalue weighted by Crippen LogP contribution is -2.04. The van der Waals surface area contributed by atoms with Crippen LogP contribution in [0.5, 0.6) is 0 Å². The predicted octanol–water partition coefficient (Wildman–Crippen LogP) is 5.92. The van der Waals surface area contributed by atoms with E-state index in [1.54, 1.807) is 6.08 Å². The van der Waals surface area contributed by atoms with Gasteiger partial charge in [-0.1, -0.05) is 90.3 Å². The van der Waals surface area contributed by atoms with Crippen molar-refractivity contribution in [1.29, 1.82) is 0 Å². The van der Waals surface area contributed by atoms with Crippen molar-refractivity contribution in [2.24, 2.45) is 5.92 Å². The second-order valence-electron chi connectivity index (χ2n) is 4.20. The Kier molecular flexibility index (Phi) is 18.3. The molecule has 1 aliphatic rings. The minimum absolute atomic E-state index is 1.06. The molecule has 0 spiro atoms. The number of hydrogen-bond acceptors (Lipinski definition) is 0. The molecule has 0 heterocycles. The van der Waals surface area contributed by atoms with E-state index in [0.29, 0.717) is 0 Å². The van der Waals surface area contributed by atoms with Crippen LogP contribution in [-0.4, -0.2) is 0 Å². The van der Waals surface area contributed by atoms with E-state index in [9.17, 15) is 0 Å². The normalized spacial score (nSPS) is 14.8. The van der Waals surface area contributed by atoms with Crippen molar-refractivity contribution in [3.05, 3.63) is 37.0 Å². The zero-order valence-electron chi connectivity index (χ0n) is 11.7. The second kappa shape index (κ2) is 16.6. The summed E-state index contributed by atoms with van der Waals surface area (Å²) in [7, 11) is 0. The van der Waals surface area contributed by atoms with Crippen LogP contribution in [0.15, 0.2) is 37.0 Å². The Labute approximate surface area is 103 Å². The summed E-state index contributed by atoms with van der Waals surface area (Å²) in [6.45, 7) is 12.2. The van der Waals surface area contributed by atoms with Crippen LogP contribution in [0.4, 0.5) is 0 Å². The van der Waals surface area contributed by atoms with E-state index >= 15 is 0 Å². The highest BCUT2D eigenvalue weighted by Crippen LogP contribution is 2.24. The van der Waals surface area contributed by atoms with Gasteiger partial charge in [-0.15, -0.1) is 0 Å². The summed E-state index contributed by atoms with van der Waals surface area (Å²) in [6.07, 6.45) is 16.6. The minimum atomic E-state index is 1.06. The maximum absolute atomic E-state index is 3.54. The molecule has 0 aliphatic heterocycles. The molecule has 0 aromatic carbocycles. The summed E-state index contributed by atoms with van der Waals surface area (Å²) in [5, 5.41) is 0. The Morgan fingerprint density at radius 3 is 1.81 bits per heavy atom. The van der Waals surface area contributed by atoms with Gasteiger partial charge in [0.2, 0.25) is 0 Å². The number of hydrogen-bond donors (Lipinski definition) is 0. The van der Waals surface area contributed by atoms with Crippen molar-refractivity contribution in [3.63, 3.8) is 0 Å². The molecule has 1 fully saturated rings. The van der Waals surface area contributed by atoms with Crippen molar-refractivity contribution >= 4 is 0 Å². The van der Waals surface area contributed by atoms with E-state index in [4.69, 9.17) is 0 Å². The summed E-state index contributed by atoms with van der Waals surface area (Å²) in [5.41, 5.74) is 0. The molecule has 0 bridgehead atoms. The zero-order valence-corrected chi connectivity index (χ0v) is 11.7. The van der Waals surface area contributed by atoms with Crippen LogP contribution in [0.2, 0.25) is 0 Å². The van der Waals surface area contributed by atoms with Crippen LogP contribution in [0.25, 0.3) is 0 Å². The van der Waals surface area contributed by atoms with E-state index in [0.717, 1.165) is 12.3 Å². The molecule has 0 heteroatoms. The van der Waals surface area contributed by atoms with Gasteiger partial charge in [0, 0.05) is 0 Å². The van der Waals surface area contributed by atoms with Gasteiger partial charge in [-0.3, -0.25) is 0 Å². The standard InChI is InChI=1S/C8H12.C5H10.C3H8/c1-3-5-7-8-6-4-2;1-5-3-2-4-5;1-3-2/h3,5-8H,1,4H2,2H3;5H,2-4H2,1H3;3H2,1-2H3/b7-5+,8-6-;;. The van der Waals surface area contributed by atoms with Gasteiger partial charge in [0.1, 0.15) is 0 Å². The van der Waals surface area contributed by atoms with Crippen molar-refractivity contribution in [1.82, 2.24) is 0 Å². The molecule has 0 aromatic rings. The van der Waals surface area contributed by atoms with Gasteiger partial charge in [0.15, 0.2) is 0 Å². The topological polar surface area (TPSA) is 0 Å². The number of allylic oxidation sites excluding steroid dienone is 5. The lowest BCUT2D eigenvalue weighted by molar-refractivity contribution is 0.346. The Bertz CT molecular complexity index is 170. The summed E-state index contributed by atoms with van der Waals surface area (Å²) < 4.78 is 0. The van der Waals surface area contributed by atoms with Crippen molar-refractivity contribution < 1.29 is 0 Å². The van der Waals surface area contributed by atoms with Gasteiger partial charge >= 0.3 is 0 Å². The first-order valence-electron chi connectivity index (χ1n) is 6.66. The third kappa shape index (κ3) is 18.9. The molecular weight excluding hydrogens is 192 g/mol. The quantitative estimate of drug-likeness (QED) is 0.520. The third-order valence-corrected chi connectivity index (χ3v) is 2.12. The van der Waals surface area contributed by atoms with Crippen LogP contribution in [-0.2, 0) is 0 Å². The summed E-state index contributed by atoms with van der Waals surface area (Å²) >= 11 is 0. The van der Waals surface area contributed by atoms with Crippen molar-refractivity contribution in [2.75, 3.05) is 0 Å². The lowest BCUT2D eigenvalue weighted by Gasteiger charge is -2.18. The molecular formula is C16H30. The summed E-state index contributed by atoms with van der Waals surface area (Å²) in [6, 6.07) is 0. The highest BCUT2D eigenvalue weighted by Gasteiger charge is 2.09. The van der Waals surface area contributed by atoms with Gasteiger partial charge in [0.25, 0.3) is 0 Å². The van der Waals surface area contributed by atoms with Gasteiger partial charge in [-0.05, 0) is 12.3 Å². The Hall–Kier alpha value is -0.780. The van der Waals surface area contributed by atoms with Gasteiger partial charge < -0.3 is 0 Å². The molecule has 0 N–H and O–H groups in total. The first kappa shape index (κ1) is 17.6. The third-order valence-electron chi connectivity index (χ3n) is 2.12. The van der Waals surface area contributed by atoms with Gasteiger partial charge in [0.05, 0.1) is 0 Å².